The molecule has 3 aliphatic rings. The van der Waals surface area contributed by atoms with E-state index in [0.717, 1.165) is 23.3 Å². The van der Waals surface area contributed by atoms with Crippen LogP contribution in [-0.4, -0.2) is 105 Å². The van der Waals surface area contributed by atoms with E-state index in [1.807, 2.05) is 11.8 Å². The number of nitriles is 1. The highest BCUT2D eigenvalue weighted by Crippen LogP contribution is 2.48. The number of nitrogen functional groups attached to an aromatic ring is 1. The monoisotopic (exact) mass is 649 g/mol. The number of nitrogens with two attached hydrogens (primary N) is 1. The van der Waals surface area contributed by atoms with Crippen molar-refractivity contribution in [3.63, 3.8) is 0 Å². The average Bonchev–Trinajstić information content (AvgIpc) is 3.67. The molecule has 242 valence electrons. The molecule has 1 aliphatic carbocycles. The number of alkyl halides is 3. The maximum atomic E-state index is 14.1. The van der Waals surface area contributed by atoms with Crippen LogP contribution in [0.25, 0.3) is 11.6 Å². The molecule has 3 aromatic heterocycles. The van der Waals surface area contributed by atoms with Gasteiger partial charge in [-0.15, -0.1) is 11.3 Å². The van der Waals surface area contributed by atoms with Gasteiger partial charge in [0.15, 0.2) is 5.60 Å². The highest BCUT2D eigenvalue weighted by Gasteiger charge is 2.44. The summed E-state index contributed by atoms with van der Waals surface area (Å²) in [5.41, 5.74) is 4.07. The van der Waals surface area contributed by atoms with E-state index in [0.29, 0.717) is 17.0 Å². The molecule has 0 spiro atoms. The number of aryl methyl sites for hydroxylation is 1. The van der Waals surface area contributed by atoms with Crippen LogP contribution < -0.4 is 15.4 Å². The van der Waals surface area contributed by atoms with Crippen molar-refractivity contribution < 1.29 is 32.3 Å². The number of fused-ring (bicyclic) bond motifs is 1. The second kappa shape index (κ2) is 12.0. The molecule has 6 rings (SSSR count). The van der Waals surface area contributed by atoms with Crippen LogP contribution in [0, 0.1) is 11.3 Å². The molecule has 5 atom stereocenters. The Kier molecular flexibility index (Phi) is 8.35. The molecule has 0 radical (unpaired) electrons. The molecule has 5 heterocycles. The van der Waals surface area contributed by atoms with Crippen LogP contribution in [0.3, 0.4) is 0 Å². The van der Waals surface area contributed by atoms with Crippen LogP contribution in [0.1, 0.15) is 55.0 Å². The first kappa shape index (κ1) is 31.4. The lowest BCUT2D eigenvalue weighted by Crippen LogP contribution is -2.50. The SMILES string of the molecule is C[C@H](Oc1nc(-c2noc([C@@]3(C)CCCc4sc(N)c(C#N)c43)n2)nc(N2CCOC[C@](O)(C(F)F)C2)n1)[C@@H]1C[C@@H](F)CN1C. The Morgan fingerprint density at radius 3 is 2.76 bits per heavy atom. The van der Waals surface area contributed by atoms with E-state index in [9.17, 15) is 23.5 Å². The number of nitrogens with zero attached hydrogens (tertiary/aromatic N) is 8. The van der Waals surface area contributed by atoms with Crippen LogP contribution in [0.5, 0.6) is 6.01 Å². The minimum absolute atomic E-state index is 0.0155. The quantitative estimate of drug-likeness (QED) is 0.383. The van der Waals surface area contributed by atoms with Crippen molar-refractivity contribution in [3.05, 3.63) is 21.9 Å². The lowest BCUT2D eigenvalue weighted by atomic mass is 9.72. The van der Waals surface area contributed by atoms with Gasteiger partial charge in [0.2, 0.25) is 23.5 Å². The third-order valence-corrected chi connectivity index (χ3v) is 9.93. The van der Waals surface area contributed by atoms with E-state index in [1.54, 1.807) is 14.0 Å². The van der Waals surface area contributed by atoms with Gasteiger partial charge in [0, 0.05) is 29.6 Å². The topological polar surface area (TPSA) is 173 Å². The maximum absolute atomic E-state index is 14.1. The van der Waals surface area contributed by atoms with Gasteiger partial charge in [-0.05, 0) is 46.6 Å². The van der Waals surface area contributed by atoms with E-state index in [2.05, 4.69) is 31.2 Å². The van der Waals surface area contributed by atoms with Crippen molar-refractivity contribution in [3.8, 4) is 23.7 Å². The fraction of sp³-hybridized carbons (Fsp3) is 0.643. The standard InChI is InChI=1S/C28H34F3N9O4S/c1-14(17-9-15(29)11-39(17)3)43-26-36-21(35-25(37-26)40-7-8-42-13-28(41,12-40)23(30)31)22-34-24(44-38-22)27(2)6-4-5-18-19(27)16(10-32)20(33)45-18/h14-15,17,23,41H,4-9,11-13,33H2,1-3H3/t14-,15+,17-,27-,28-/m0/s1. The molecular weight excluding hydrogens is 615 g/mol. The van der Waals surface area contributed by atoms with Gasteiger partial charge in [-0.2, -0.15) is 25.2 Å². The van der Waals surface area contributed by atoms with Crippen molar-refractivity contribution in [2.45, 2.75) is 75.3 Å². The first-order valence-corrected chi connectivity index (χ1v) is 15.5. The maximum Gasteiger partial charge on any atom is 0.322 e. The number of halogens is 3. The Hall–Kier alpha value is -3.59. The number of ether oxygens (including phenoxy) is 2. The number of aliphatic hydroxyl groups is 1. The number of β-amino-alcohol motifs (C(OH)–C–C–N with tert-alkyl or cyclic N) is 1. The fourth-order valence-electron chi connectivity index (χ4n) is 6.43. The summed E-state index contributed by atoms with van der Waals surface area (Å²) in [5, 5.41) is 25.1. The zero-order valence-corrected chi connectivity index (χ0v) is 25.9. The van der Waals surface area contributed by atoms with Crippen molar-refractivity contribution in [2.24, 2.45) is 0 Å². The predicted molar refractivity (Wildman–Crippen MR) is 156 cm³/mol. The molecule has 0 saturated carbocycles. The third-order valence-electron chi connectivity index (χ3n) is 8.85. The summed E-state index contributed by atoms with van der Waals surface area (Å²) in [6.07, 6.45) is -2.14. The number of anilines is 2. The van der Waals surface area contributed by atoms with Crippen LogP contribution in [-0.2, 0) is 16.6 Å². The van der Waals surface area contributed by atoms with E-state index in [1.165, 1.54) is 16.2 Å². The summed E-state index contributed by atoms with van der Waals surface area (Å²) >= 11 is 1.38. The van der Waals surface area contributed by atoms with Gasteiger partial charge in [0.25, 0.3) is 6.43 Å². The summed E-state index contributed by atoms with van der Waals surface area (Å²) in [4.78, 5) is 22.1. The lowest BCUT2D eigenvalue weighted by Gasteiger charge is -2.30. The number of hydrogen-bond acceptors (Lipinski definition) is 14. The molecule has 17 heteroatoms. The van der Waals surface area contributed by atoms with Crippen LogP contribution in [0.4, 0.5) is 24.1 Å². The summed E-state index contributed by atoms with van der Waals surface area (Å²) in [5.74, 6) is 0.0986. The Balaban J connectivity index is 1.38. The molecule has 2 fully saturated rings. The number of hydrogen-bond donors (Lipinski definition) is 2. The molecule has 45 heavy (non-hydrogen) atoms. The minimum Gasteiger partial charge on any atom is -0.459 e. The first-order valence-electron chi connectivity index (χ1n) is 14.7. The molecule has 0 aromatic carbocycles. The lowest BCUT2D eigenvalue weighted by molar-refractivity contribution is -0.123. The van der Waals surface area contributed by atoms with Gasteiger partial charge in [-0.25, -0.2) is 13.2 Å². The highest BCUT2D eigenvalue weighted by atomic mass is 32.1. The molecule has 2 saturated heterocycles. The molecule has 13 nitrogen and oxygen atoms in total. The number of likely N-dealkylation sites (tertiary alicyclic amines) is 1. The summed E-state index contributed by atoms with van der Waals surface area (Å²) in [6.45, 7) is 3.00. The summed E-state index contributed by atoms with van der Waals surface area (Å²) < 4.78 is 59.0. The number of likely N-dealkylation sites (N-methyl/N-ethyl adjacent to an activating group) is 1. The Morgan fingerprint density at radius 2 is 2.04 bits per heavy atom. The molecule has 0 unspecified atom stereocenters. The Morgan fingerprint density at radius 1 is 1.24 bits per heavy atom. The first-order chi connectivity index (χ1) is 21.4. The number of rotatable bonds is 7. The normalized spacial score (nSPS) is 28.1. The second-order valence-electron chi connectivity index (χ2n) is 12.1. The molecule has 0 bridgehead atoms. The molecular formula is C28H34F3N9O4S. The largest absolute Gasteiger partial charge is 0.459 e. The summed E-state index contributed by atoms with van der Waals surface area (Å²) in [6, 6.07) is 1.80. The Labute approximate surface area is 261 Å². The van der Waals surface area contributed by atoms with E-state index < -0.39 is 42.9 Å². The smallest absolute Gasteiger partial charge is 0.322 e. The van der Waals surface area contributed by atoms with Crippen molar-refractivity contribution >= 4 is 22.3 Å². The van der Waals surface area contributed by atoms with Gasteiger partial charge >= 0.3 is 6.01 Å². The zero-order valence-electron chi connectivity index (χ0n) is 25.0. The van der Waals surface area contributed by atoms with Gasteiger partial charge in [0.05, 0.1) is 30.7 Å². The fourth-order valence-corrected chi connectivity index (χ4v) is 7.62. The van der Waals surface area contributed by atoms with E-state index >= 15 is 0 Å². The minimum atomic E-state index is -3.09. The van der Waals surface area contributed by atoms with Crippen LogP contribution >= 0.6 is 11.3 Å². The van der Waals surface area contributed by atoms with Gasteiger partial charge < -0.3 is 29.7 Å². The average molecular weight is 650 g/mol. The van der Waals surface area contributed by atoms with Crippen molar-refractivity contribution in [1.29, 1.82) is 5.26 Å². The molecule has 3 N–H and O–H groups in total. The van der Waals surface area contributed by atoms with Crippen molar-refractivity contribution in [2.75, 3.05) is 50.5 Å². The molecule has 0 amide bonds. The second-order valence-corrected chi connectivity index (χ2v) is 13.3. The number of aromatic nitrogens is 5. The molecule has 3 aromatic rings. The van der Waals surface area contributed by atoms with Gasteiger partial charge in [-0.1, -0.05) is 5.16 Å². The van der Waals surface area contributed by atoms with Crippen molar-refractivity contribution in [1.82, 2.24) is 30.0 Å². The summed E-state index contributed by atoms with van der Waals surface area (Å²) in [7, 11) is 1.80. The van der Waals surface area contributed by atoms with E-state index in [4.69, 9.17) is 19.7 Å². The molecule has 2 aliphatic heterocycles. The van der Waals surface area contributed by atoms with E-state index in [-0.39, 0.29) is 61.7 Å². The predicted octanol–water partition coefficient (Wildman–Crippen LogP) is 2.72. The zero-order chi connectivity index (χ0) is 32.1. The third kappa shape index (κ3) is 5.80. The van der Waals surface area contributed by atoms with Gasteiger partial charge in [-0.3, -0.25) is 4.90 Å². The highest BCUT2D eigenvalue weighted by molar-refractivity contribution is 7.16. The van der Waals surface area contributed by atoms with Crippen LogP contribution in [0.15, 0.2) is 4.52 Å². The number of thiophene rings is 1. The van der Waals surface area contributed by atoms with Gasteiger partial charge in [0.1, 0.15) is 23.3 Å². The Bertz CT molecular complexity index is 1600. The van der Waals surface area contributed by atoms with Crippen LogP contribution in [0.2, 0.25) is 0 Å².